The first-order valence-corrected chi connectivity index (χ1v) is 7.47. The molecule has 0 amide bonds. The molecular weight excluding hydrogens is 266 g/mol. The Morgan fingerprint density at radius 3 is 2.76 bits per heavy atom. The molecule has 112 valence electrons. The van der Waals surface area contributed by atoms with Crippen molar-refractivity contribution in [2.75, 3.05) is 26.2 Å². The fourth-order valence-electron chi connectivity index (χ4n) is 3.00. The Bertz CT molecular complexity index is 657. The van der Waals surface area contributed by atoms with Crippen molar-refractivity contribution in [3.8, 4) is 0 Å². The summed E-state index contributed by atoms with van der Waals surface area (Å²) in [5.41, 5.74) is 2.70. The molecule has 21 heavy (non-hydrogen) atoms. The monoisotopic (exact) mass is 287 g/mol. The Balaban J connectivity index is 1.99. The number of fused-ring (bicyclic) bond motifs is 1. The van der Waals surface area contributed by atoms with Crippen molar-refractivity contribution in [3.05, 3.63) is 35.5 Å². The zero-order chi connectivity index (χ0) is 14.8. The Kier molecular flexibility index (Phi) is 3.94. The van der Waals surface area contributed by atoms with E-state index in [1.165, 1.54) is 5.56 Å². The highest BCUT2D eigenvalue weighted by molar-refractivity contribution is 5.95. The minimum atomic E-state index is -0.866. The van der Waals surface area contributed by atoms with Crippen LogP contribution in [0.3, 0.4) is 0 Å². The predicted octanol–water partition coefficient (Wildman–Crippen LogP) is 1.76. The Hall–Kier alpha value is -1.85. The molecule has 1 aliphatic rings. The van der Waals surface area contributed by atoms with Crippen LogP contribution in [0, 0.1) is 0 Å². The van der Waals surface area contributed by atoms with E-state index in [-0.39, 0.29) is 0 Å². The van der Waals surface area contributed by atoms with E-state index in [1.807, 2.05) is 6.07 Å². The molecule has 0 aliphatic carbocycles. The first-order chi connectivity index (χ1) is 10.2. The van der Waals surface area contributed by atoms with E-state index in [1.54, 1.807) is 12.1 Å². The van der Waals surface area contributed by atoms with Gasteiger partial charge in [0, 0.05) is 56.4 Å². The van der Waals surface area contributed by atoms with Gasteiger partial charge < -0.3 is 15.0 Å². The first kappa shape index (κ1) is 14.1. The second kappa shape index (κ2) is 5.87. The highest BCUT2D eigenvalue weighted by Gasteiger charge is 2.15. The Morgan fingerprint density at radius 2 is 2.10 bits per heavy atom. The van der Waals surface area contributed by atoms with Crippen molar-refractivity contribution >= 4 is 16.9 Å². The average molecular weight is 287 g/mol. The molecular formula is C16H21N3O2. The lowest BCUT2D eigenvalue weighted by Crippen LogP contribution is -2.42. The largest absolute Gasteiger partial charge is 0.478 e. The third-order valence-corrected chi connectivity index (χ3v) is 4.15. The van der Waals surface area contributed by atoms with Crippen molar-refractivity contribution in [2.24, 2.45) is 0 Å². The molecule has 1 aliphatic heterocycles. The quantitative estimate of drug-likeness (QED) is 0.900. The van der Waals surface area contributed by atoms with E-state index in [0.29, 0.717) is 5.56 Å². The number of nitrogens with zero attached hydrogens (tertiary/aromatic N) is 2. The lowest BCUT2D eigenvalue weighted by molar-refractivity contribution is 0.0697. The van der Waals surface area contributed by atoms with E-state index in [4.69, 9.17) is 0 Å². The van der Waals surface area contributed by atoms with Gasteiger partial charge in [-0.1, -0.05) is 0 Å². The second-order valence-corrected chi connectivity index (χ2v) is 5.50. The molecule has 1 aromatic heterocycles. The second-order valence-electron chi connectivity index (χ2n) is 5.50. The van der Waals surface area contributed by atoms with Gasteiger partial charge in [0.15, 0.2) is 0 Å². The first-order valence-electron chi connectivity index (χ1n) is 7.47. The summed E-state index contributed by atoms with van der Waals surface area (Å²) >= 11 is 0. The molecule has 0 unspecified atom stereocenters. The van der Waals surface area contributed by atoms with Gasteiger partial charge in [-0.25, -0.2) is 4.79 Å². The summed E-state index contributed by atoms with van der Waals surface area (Å²) in [5.74, 6) is -0.866. The van der Waals surface area contributed by atoms with Crippen LogP contribution in [0.25, 0.3) is 10.9 Å². The number of aromatic nitrogens is 1. The standard InChI is InChI=1S/C16H21N3O2/c1-2-19-11-13(10-18-7-5-17-6-8-18)14-9-12(16(20)21)3-4-15(14)19/h3-4,9,11,17H,2,5-8,10H2,1H3,(H,20,21). The van der Waals surface area contributed by atoms with Gasteiger partial charge in [0.1, 0.15) is 0 Å². The molecule has 0 atom stereocenters. The maximum Gasteiger partial charge on any atom is 0.335 e. The van der Waals surface area contributed by atoms with Gasteiger partial charge in [0.2, 0.25) is 0 Å². The molecule has 1 saturated heterocycles. The van der Waals surface area contributed by atoms with Crippen LogP contribution >= 0.6 is 0 Å². The summed E-state index contributed by atoms with van der Waals surface area (Å²) in [6.45, 7) is 8.01. The van der Waals surface area contributed by atoms with Crippen LogP contribution in [0.4, 0.5) is 0 Å². The van der Waals surface area contributed by atoms with Gasteiger partial charge in [-0.2, -0.15) is 0 Å². The lowest BCUT2D eigenvalue weighted by Gasteiger charge is -2.26. The van der Waals surface area contributed by atoms with Crippen LogP contribution in [0.2, 0.25) is 0 Å². The number of carbonyl (C=O) groups is 1. The number of aromatic carboxylic acids is 1. The number of carboxylic acids is 1. The van der Waals surface area contributed by atoms with Crippen molar-refractivity contribution in [3.63, 3.8) is 0 Å². The molecule has 1 aromatic carbocycles. The van der Waals surface area contributed by atoms with Gasteiger partial charge in [0.05, 0.1) is 5.56 Å². The molecule has 2 aromatic rings. The SMILES string of the molecule is CCn1cc(CN2CCNCC2)c2cc(C(=O)O)ccc21. The topological polar surface area (TPSA) is 57.5 Å². The number of aryl methyl sites for hydroxylation is 1. The van der Waals surface area contributed by atoms with E-state index >= 15 is 0 Å². The third-order valence-electron chi connectivity index (χ3n) is 4.15. The van der Waals surface area contributed by atoms with E-state index in [2.05, 4.69) is 27.9 Å². The average Bonchev–Trinajstić information content (AvgIpc) is 2.85. The van der Waals surface area contributed by atoms with Crippen LogP contribution in [-0.4, -0.2) is 46.7 Å². The lowest BCUT2D eigenvalue weighted by atomic mass is 10.1. The van der Waals surface area contributed by atoms with Crippen LogP contribution < -0.4 is 5.32 Å². The number of carboxylic acid groups (broad SMARTS) is 1. The summed E-state index contributed by atoms with van der Waals surface area (Å²) in [5, 5.41) is 13.6. The van der Waals surface area contributed by atoms with E-state index in [9.17, 15) is 9.90 Å². The molecule has 0 saturated carbocycles. The molecule has 2 N–H and O–H groups in total. The summed E-state index contributed by atoms with van der Waals surface area (Å²) in [7, 11) is 0. The smallest absolute Gasteiger partial charge is 0.335 e. The van der Waals surface area contributed by atoms with Crippen molar-refractivity contribution in [1.82, 2.24) is 14.8 Å². The summed E-state index contributed by atoms with van der Waals surface area (Å²) in [6.07, 6.45) is 2.17. The van der Waals surface area contributed by atoms with Crippen LogP contribution in [0.15, 0.2) is 24.4 Å². The molecule has 0 bridgehead atoms. The van der Waals surface area contributed by atoms with Gasteiger partial charge >= 0.3 is 5.97 Å². The van der Waals surface area contributed by atoms with Gasteiger partial charge in [-0.05, 0) is 30.7 Å². The zero-order valence-electron chi connectivity index (χ0n) is 12.3. The number of benzene rings is 1. The number of hydrogen-bond donors (Lipinski definition) is 2. The van der Waals surface area contributed by atoms with Crippen molar-refractivity contribution in [2.45, 2.75) is 20.0 Å². The maximum absolute atomic E-state index is 11.2. The van der Waals surface area contributed by atoms with Crippen LogP contribution in [0.5, 0.6) is 0 Å². The maximum atomic E-state index is 11.2. The molecule has 5 heteroatoms. The number of piperazine rings is 1. The Morgan fingerprint density at radius 1 is 1.33 bits per heavy atom. The molecule has 1 fully saturated rings. The minimum Gasteiger partial charge on any atom is -0.478 e. The van der Waals surface area contributed by atoms with Gasteiger partial charge in [-0.3, -0.25) is 4.90 Å². The molecule has 5 nitrogen and oxygen atoms in total. The van der Waals surface area contributed by atoms with E-state index < -0.39 is 5.97 Å². The van der Waals surface area contributed by atoms with Gasteiger partial charge in [0.25, 0.3) is 0 Å². The third kappa shape index (κ3) is 2.80. The number of nitrogens with one attached hydrogen (secondary N) is 1. The molecule has 0 radical (unpaired) electrons. The van der Waals surface area contributed by atoms with Gasteiger partial charge in [-0.15, -0.1) is 0 Å². The summed E-state index contributed by atoms with van der Waals surface area (Å²) < 4.78 is 2.19. The van der Waals surface area contributed by atoms with Crippen LogP contribution in [0.1, 0.15) is 22.8 Å². The minimum absolute atomic E-state index is 0.359. The van der Waals surface area contributed by atoms with Crippen molar-refractivity contribution in [1.29, 1.82) is 0 Å². The zero-order valence-corrected chi connectivity index (χ0v) is 12.3. The van der Waals surface area contributed by atoms with Crippen molar-refractivity contribution < 1.29 is 9.90 Å². The molecule has 2 heterocycles. The highest BCUT2D eigenvalue weighted by Crippen LogP contribution is 2.24. The number of hydrogen-bond acceptors (Lipinski definition) is 3. The predicted molar refractivity (Wildman–Crippen MR) is 82.7 cm³/mol. The highest BCUT2D eigenvalue weighted by atomic mass is 16.4. The molecule has 3 rings (SSSR count). The fraction of sp³-hybridized carbons (Fsp3) is 0.438. The number of rotatable bonds is 4. The van der Waals surface area contributed by atoms with E-state index in [0.717, 1.165) is 50.2 Å². The molecule has 0 spiro atoms. The fourth-order valence-corrected chi connectivity index (χ4v) is 3.00. The van der Waals surface area contributed by atoms with Crippen LogP contribution in [-0.2, 0) is 13.1 Å². The Labute approximate surface area is 124 Å². The summed E-state index contributed by atoms with van der Waals surface area (Å²) in [6, 6.07) is 5.41. The normalized spacial score (nSPS) is 16.4. The summed E-state index contributed by atoms with van der Waals surface area (Å²) in [4.78, 5) is 13.6.